The largest absolute Gasteiger partial charge is 0.510 e. The van der Waals surface area contributed by atoms with Gasteiger partial charge in [0.2, 0.25) is 0 Å². The van der Waals surface area contributed by atoms with Gasteiger partial charge in [0.05, 0.1) is 7.11 Å². The standard InChI is InChI=1S/C15H13BF3O/c1-20-14-10-7-12(8-11-14)6-9-13-4-2-3-5-15(13)16(17,18)19/h2-11H,1H3/q-1/b9-6+. The third kappa shape index (κ3) is 3.44. The number of hydrogen-bond donors (Lipinski definition) is 0. The van der Waals surface area contributed by atoms with Crippen molar-refractivity contribution in [1.82, 2.24) is 0 Å². The molecule has 104 valence electrons. The number of ether oxygens (including phenoxy) is 1. The molecule has 20 heavy (non-hydrogen) atoms. The van der Waals surface area contributed by atoms with Crippen LogP contribution < -0.4 is 10.2 Å². The Morgan fingerprint density at radius 3 is 2.15 bits per heavy atom. The predicted octanol–water partition coefficient (Wildman–Crippen LogP) is 3.92. The molecule has 0 aliphatic carbocycles. The van der Waals surface area contributed by atoms with Gasteiger partial charge in [0.25, 0.3) is 0 Å². The van der Waals surface area contributed by atoms with Crippen LogP contribution in [0, 0.1) is 0 Å². The van der Waals surface area contributed by atoms with Crippen LogP contribution in [0.15, 0.2) is 48.5 Å². The smallest absolute Gasteiger partial charge is 0.497 e. The van der Waals surface area contributed by atoms with Gasteiger partial charge >= 0.3 is 6.98 Å². The molecule has 0 amide bonds. The van der Waals surface area contributed by atoms with Crippen LogP contribution in [0.25, 0.3) is 12.2 Å². The van der Waals surface area contributed by atoms with E-state index in [2.05, 4.69) is 0 Å². The van der Waals surface area contributed by atoms with Crippen molar-refractivity contribution >= 4 is 24.6 Å². The highest BCUT2D eigenvalue weighted by Gasteiger charge is 2.27. The molecule has 0 heterocycles. The Balaban J connectivity index is 2.27. The lowest BCUT2D eigenvalue weighted by Gasteiger charge is -2.17. The first-order valence-corrected chi connectivity index (χ1v) is 6.12. The minimum Gasteiger partial charge on any atom is -0.497 e. The summed E-state index contributed by atoms with van der Waals surface area (Å²) in [6.45, 7) is -5.00. The minimum absolute atomic E-state index is 0.177. The highest BCUT2D eigenvalue weighted by atomic mass is 19.4. The van der Waals surface area contributed by atoms with Crippen molar-refractivity contribution in [3.8, 4) is 5.75 Å². The summed E-state index contributed by atoms with van der Waals surface area (Å²) in [7, 11) is 1.56. The second-order valence-electron chi connectivity index (χ2n) is 4.31. The van der Waals surface area contributed by atoms with Crippen LogP contribution in [0.3, 0.4) is 0 Å². The Bertz CT molecular complexity index is 603. The maximum Gasteiger partial charge on any atom is 0.510 e. The van der Waals surface area contributed by atoms with Gasteiger partial charge in [-0.25, -0.2) is 0 Å². The Hall–Kier alpha value is -2.17. The molecule has 0 spiro atoms. The van der Waals surface area contributed by atoms with Crippen molar-refractivity contribution in [2.45, 2.75) is 0 Å². The van der Waals surface area contributed by atoms with Gasteiger partial charge in [0.15, 0.2) is 0 Å². The number of methoxy groups -OCH3 is 1. The van der Waals surface area contributed by atoms with Crippen LogP contribution in [-0.2, 0) is 0 Å². The van der Waals surface area contributed by atoms with E-state index in [4.69, 9.17) is 4.74 Å². The molecule has 2 rings (SSSR count). The zero-order valence-corrected chi connectivity index (χ0v) is 10.9. The van der Waals surface area contributed by atoms with E-state index in [1.807, 2.05) is 0 Å². The summed E-state index contributed by atoms with van der Waals surface area (Å²) in [5, 5.41) is 0. The average molecular weight is 277 g/mol. The fraction of sp³-hybridized carbons (Fsp3) is 0.0667. The molecule has 2 aromatic rings. The Kier molecular flexibility index (Phi) is 4.18. The third-order valence-corrected chi connectivity index (χ3v) is 2.92. The lowest BCUT2D eigenvalue weighted by atomic mass is 9.77. The van der Waals surface area contributed by atoms with Gasteiger partial charge < -0.3 is 17.7 Å². The van der Waals surface area contributed by atoms with Gasteiger partial charge in [-0.3, -0.25) is 0 Å². The topological polar surface area (TPSA) is 9.23 Å². The van der Waals surface area contributed by atoms with E-state index in [0.29, 0.717) is 5.75 Å². The molecule has 0 saturated carbocycles. The highest BCUT2D eigenvalue weighted by Crippen LogP contribution is 2.16. The van der Waals surface area contributed by atoms with E-state index in [0.717, 1.165) is 11.6 Å². The molecule has 0 fully saturated rings. The van der Waals surface area contributed by atoms with Crippen LogP contribution in [0.5, 0.6) is 5.75 Å². The molecule has 0 aliphatic rings. The van der Waals surface area contributed by atoms with Gasteiger partial charge in [-0.1, -0.05) is 54.1 Å². The fourth-order valence-corrected chi connectivity index (χ4v) is 1.86. The molecule has 1 nitrogen and oxygen atoms in total. The van der Waals surface area contributed by atoms with Crippen LogP contribution in [0.1, 0.15) is 11.1 Å². The van der Waals surface area contributed by atoms with E-state index in [1.54, 1.807) is 43.5 Å². The Morgan fingerprint density at radius 2 is 1.55 bits per heavy atom. The maximum absolute atomic E-state index is 12.9. The van der Waals surface area contributed by atoms with Gasteiger partial charge in [-0.05, 0) is 17.7 Å². The zero-order valence-electron chi connectivity index (χ0n) is 10.9. The summed E-state index contributed by atoms with van der Waals surface area (Å²) in [5.41, 5.74) is 0.420. The number of hydrogen-bond acceptors (Lipinski definition) is 1. The van der Waals surface area contributed by atoms with E-state index in [-0.39, 0.29) is 5.56 Å². The molecule has 5 heteroatoms. The summed E-state index contributed by atoms with van der Waals surface area (Å²) in [6.07, 6.45) is 3.13. The van der Waals surface area contributed by atoms with E-state index in [9.17, 15) is 12.9 Å². The summed E-state index contributed by atoms with van der Waals surface area (Å²) in [5.74, 6) is 0.709. The van der Waals surface area contributed by atoms with Gasteiger partial charge in [0, 0.05) is 0 Å². The number of halogens is 3. The molecule has 0 N–H and O–H groups in total. The fourth-order valence-electron chi connectivity index (χ4n) is 1.86. The third-order valence-electron chi connectivity index (χ3n) is 2.92. The molecule has 0 aliphatic heterocycles. The highest BCUT2D eigenvalue weighted by molar-refractivity contribution is 6.74. The van der Waals surface area contributed by atoms with Crippen molar-refractivity contribution in [3.05, 3.63) is 59.7 Å². The average Bonchev–Trinajstić information content (AvgIpc) is 2.45. The van der Waals surface area contributed by atoms with E-state index >= 15 is 0 Å². The normalized spacial score (nSPS) is 11.8. The summed E-state index contributed by atoms with van der Waals surface area (Å²) in [4.78, 5) is 0. The lowest BCUT2D eigenvalue weighted by Crippen LogP contribution is -2.35. The van der Waals surface area contributed by atoms with Crippen molar-refractivity contribution in [3.63, 3.8) is 0 Å². The molecule has 0 radical (unpaired) electrons. The van der Waals surface area contributed by atoms with Crippen molar-refractivity contribution in [2.75, 3.05) is 7.11 Å². The first-order chi connectivity index (χ1) is 9.50. The summed E-state index contributed by atoms with van der Waals surface area (Å²) in [6, 6.07) is 12.7. The van der Waals surface area contributed by atoms with Crippen LogP contribution in [-0.4, -0.2) is 14.1 Å². The van der Waals surface area contributed by atoms with Gasteiger partial charge in [-0.15, -0.1) is 5.46 Å². The second kappa shape index (κ2) is 5.86. The summed E-state index contributed by atoms with van der Waals surface area (Å²) >= 11 is 0. The van der Waals surface area contributed by atoms with Crippen molar-refractivity contribution < 1.29 is 17.7 Å². The summed E-state index contributed by atoms with van der Waals surface area (Å²) < 4.78 is 43.7. The second-order valence-corrected chi connectivity index (χ2v) is 4.31. The van der Waals surface area contributed by atoms with Crippen LogP contribution >= 0.6 is 0 Å². The monoisotopic (exact) mass is 277 g/mol. The molecule has 0 bridgehead atoms. The van der Waals surface area contributed by atoms with E-state index in [1.165, 1.54) is 18.2 Å². The predicted molar refractivity (Wildman–Crippen MR) is 77.1 cm³/mol. The number of rotatable bonds is 4. The lowest BCUT2D eigenvalue weighted by molar-refractivity contribution is 0.415. The van der Waals surface area contributed by atoms with Crippen molar-refractivity contribution in [1.29, 1.82) is 0 Å². The molecule has 2 aromatic carbocycles. The van der Waals surface area contributed by atoms with Gasteiger partial charge in [0.1, 0.15) is 5.75 Å². The molecule has 0 saturated heterocycles. The Labute approximate surface area is 115 Å². The van der Waals surface area contributed by atoms with Crippen LogP contribution in [0.4, 0.5) is 12.9 Å². The zero-order chi connectivity index (χ0) is 14.6. The molecular weight excluding hydrogens is 264 g/mol. The van der Waals surface area contributed by atoms with Crippen molar-refractivity contribution in [2.24, 2.45) is 0 Å². The molecule has 0 atom stereocenters. The molecule has 0 unspecified atom stereocenters. The number of benzene rings is 2. The van der Waals surface area contributed by atoms with Crippen LogP contribution in [0.2, 0.25) is 0 Å². The quantitative estimate of drug-likeness (QED) is 0.608. The molecular formula is C15H13BF3O-. The van der Waals surface area contributed by atoms with Gasteiger partial charge in [-0.2, -0.15) is 0 Å². The first-order valence-electron chi connectivity index (χ1n) is 6.12. The Morgan fingerprint density at radius 1 is 0.900 bits per heavy atom. The van der Waals surface area contributed by atoms with E-state index < -0.39 is 12.4 Å². The molecule has 0 aromatic heterocycles. The maximum atomic E-state index is 12.9. The minimum atomic E-state index is -5.00. The first kappa shape index (κ1) is 14.2. The SMILES string of the molecule is COc1ccc(/C=C/c2ccccc2[B-](F)(F)F)cc1.